The molecule has 0 fully saturated rings. The van der Waals surface area contributed by atoms with Crippen molar-refractivity contribution in [3.8, 4) is 0 Å². The second-order valence-corrected chi connectivity index (χ2v) is 10.5. The molecular weight excluding hydrogens is 320 g/mol. The van der Waals surface area contributed by atoms with Crippen molar-refractivity contribution in [1.82, 2.24) is 0 Å². The lowest BCUT2D eigenvalue weighted by molar-refractivity contribution is -0.388. The van der Waals surface area contributed by atoms with Gasteiger partial charge >= 0.3 is 12.4 Å². The van der Waals surface area contributed by atoms with Gasteiger partial charge in [-0.15, -0.1) is 0 Å². The summed E-state index contributed by atoms with van der Waals surface area (Å²) in [6.45, 7) is 4.30. The molecule has 118 valence electrons. The van der Waals surface area contributed by atoms with Gasteiger partial charge in [-0.2, -0.15) is 26.3 Å². The predicted octanol–water partition coefficient (Wildman–Crippen LogP) is 4.18. The van der Waals surface area contributed by atoms with Crippen LogP contribution in [0.4, 0.5) is 32.0 Å². The molecule has 0 aromatic heterocycles. The molecule has 0 aliphatic carbocycles. The molecule has 0 saturated carbocycles. The van der Waals surface area contributed by atoms with Gasteiger partial charge < -0.3 is 0 Å². The van der Waals surface area contributed by atoms with Gasteiger partial charge in [0.15, 0.2) is 0 Å². The van der Waals surface area contributed by atoms with Crippen LogP contribution >= 0.6 is 0 Å². The first kappa shape index (κ1) is 17.5. The van der Waals surface area contributed by atoms with E-state index in [2.05, 4.69) is 0 Å². The van der Waals surface area contributed by atoms with Crippen molar-refractivity contribution in [3.05, 3.63) is 33.4 Å². The first-order valence-electron chi connectivity index (χ1n) is 5.63. The summed E-state index contributed by atoms with van der Waals surface area (Å²) < 4.78 is 77.4. The second kappa shape index (κ2) is 5.00. The second-order valence-electron chi connectivity index (χ2n) is 5.42. The molecule has 1 aromatic carbocycles. The van der Waals surface area contributed by atoms with Crippen LogP contribution in [0.25, 0.3) is 0 Å². The minimum absolute atomic E-state index is 0.0175. The summed E-state index contributed by atoms with van der Waals surface area (Å²) in [5.74, 6) is 0. The van der Waals surface area contributed by atoms with Crippen LogP contribution < -0.4 is 5.19 Å². The van der Waals surface area contributed by atoms with Gasteiger partial charge in [0.05, 0.1) is 18.6 Å². The van der Waals surface area contributed by atoms with Crippen molar-refractivity contribution in [3.63, 3.8) is 0 Å². The maximum atomic E-state index is 13.0. The fourth-order valence-electron chi connectivity index (χ4n) is 1.82. The van der Waals surface area contributed by atoms with Crippen LogP contribution in [0.3, 0.4) is 0 Å². The Labute approximate surface area is 116 Å². The molecule has 10 heteroatoms. The number of nitro groups is 1. The molecule has 1 rings (SSSR count). The molecule has 0 saturated heterocycles. The number of nitro benzene ring substituents is 1. The zero-order valence-electron chi connectivity index (χ0n) is 11.2. The Hall–Kier alpha value is -1.58. The van der Waals surface area contributed by atoms with E-state index in [1.165, 1.54) is 19.6 Å². The number of hydrogen-bond donors (Lipinski definition) is 0. The minimum Gasteiger partial charge on any atom is -0.258 e. The van der Waals surface area contributed by atoms with Gasteiger partial charge in [0.2, 0.25) is 0 Å². The first-order chi connectivity index (χ1) is 9.15. The largest absolute Gasteiger partial charge is 0.422 e. The van der Waals surface area contributed by atoms with Crippen molar-refractivity contribution in [2.45, 2.75) is 32.0 Å². The molecule has 0 amide bonds. The van der Waals surface area contributed by atoms with Gasteiger partial charge in [0, 0.05) is 6.07 Å². The minimum atomic E-state index is -5.10. The van der Waals surface area contributed by atoms with Crippen LogP contribution in [0.1, 0.15) is 11.1 Å². The topological polar surface area (TPSA) is 43.1 Å². The molecule has 21 heavy (non-hydrogen) atoms. The van der Waals surface area contributed by atoms with Gasteiger partial charge in [0.1, 0.15) is 5.56 Å². The smallest absolute Gasteiger partial charge is 0.258 e. The highest BCUT2D eigenvalue weighted by molar-refractivity contribution is 6.89. The van der Waals surface area contributed by atoms with Crippen LogP contribution in [0.5, 0.6) is 0 Å². The number of hydrogen-bond acceptors (Lipinski definition) is 2. The summed E-state index contributed by atoms with van der Waals surface area (Å²) in [5.41, 5.74) is -4.61. The molecule has 0 aliphatic rings. The molecular formula is C11H11F6NO2Si. The zero-order valence-corrected chi connectivity index (χ0v) is 12.2. The third-order valence-corrected chi connectivity index (χ3v) is 4.78. The van der Waals surface area contributed by atoms with E-state index in [0.717, 1.165) is 0 Å². The Kier molecular flexibility index (Phi) is 4.16. The number of alkyl halides is 6. The molecule has 1 aromatic rings. The lowest BCUT2D eigenvalue weighted by Gasteiger charge is -2.23. The van der Waals surface area contributed by atoms with Crippen molar-refractivity contribution < 1.29 is 31.3 Å². The van der Waals surface area contributed by atoms with Gasteiger partial charge in [-0.1, -0.05) is 19.6 Å². The van der Waals surface area contributed by atoms with Crippen molar-refractivity contribution in [2.75, 3.05) is 0 Å². The van der Waals surface area contributed by atoms with Crippen molar-refractivity contribution >= 4 is 18.9 Å². The van der Waals surface area contributed by atoms with E-state index in [9.17, 15) is 36.5 Å². The van der Waals surface area contributed by atoms with E-state index in [0.29, 0.717) is 0 Å². The van der Waals surface area contributed by atoms with E-state index >= 15 is 0 Å². The molecule has 0 unspecified atom stereocenters. The fourth-order valence-corrected chi connectivity index (χ4v) is 3.42. The Morgan fingerprint density at radius 1 is 0.952 bits per heavy atom. The average molecular weight is 331 g/mol. The monoisotopic (exact) mass is 331 g/mol. The Morgan fingerprint density at radius 2 is 1.38 bits per heavy atom. The molecule has 0 heterocycles. The molecule has 3 nitrogen and oxygen atoms in total. The third-order valence-electron chi connectivity index (χ3n) is 2.75. The van der Waals surface area contributed by atoms with Crippen LogP contribution in [-0.4, -0.2) is 13.0 Å². The third kappa shape index (κ3) is 3.74. The highest BCUT2D eigenvalue weighted by Crippen LogP contribution is 2.39. The maximum Gasteiger partial charge on any atom is 0.422 e. The van der Waals surface area contributed by atoms with Gasteiger partial charge in [0.25, 0.3) is 5.69 Å². The molecule has 0 N–H and O–H groups in total. The molecule has 0 atom stereocenters. The van der Waals surface area contributed by atoms with Gasteiger partial charge in [-0.3, -0.25) is 10.1 Å². The quantitative estimate of drug-likeness (QED) is 0.353. The normalized spacial score (nSPS) is 13.4. The standard InChI is InChI=1S/C11H11F6NO2Si/c1-21(2,3)9-5-6(10(12,13)14)8(18(19)20)4-7(9)11(15,16)17/h4-5H,1-3H3. The van der Waals surface area contributed by atoms with E-state index in [-0.39, 0.29) is 12.1 Å². The summed E-state index contributed by atoms with van der Waals surface area (Å²) in [7, 11) is -2.80. The van der Waals surface area contributed by atoms with E-state index in [4.69, 9.17) is 0 Å². The summed E-state index contributed by atoms with van der Waals surface area (Å²) in [6, 6.07) is 0.254. The van der Waals surface area contributed by atoms with Gasteiger partial charge in [-0.05, 0) is 11.3 Å². The fraction of sp³-hybridized carbons (Fsp3) is 0.455. The molecule has 0 aliphatic heterocycles. The Balaban J connectivity index is 3.84. The molecule has 0 bridgehead atoms. The first-order valence-corrected chi connectivity index (χ1v) is 9.13. The lowest BCUT2D eigenvalue weighted by Crippen LogP contribution is -2.43. The number of rotatable bonds is 2. The number of benzene rings is 1. The Morgan fingerprint density at radius 3 is 1.67 bits per heavy atom. The summed E-state index contributed by atoms with van der Waals surface area (Å²) in [6.07, 6.45) is -10.1. The predicted molar refractivity (Wildman–Crippen MR) is 66.1 cm³/mol. The zero-order chi connectivity index (χ0) is 16.8. The number of nitrogens with zero attached hydrogens (tertiary/aromatic N) is 1. The number of halogens is 6. The SMILES string of the molecule is C[Si](C)(C)c1cc(C(F)(F)F)c([N+](=O)[O-])cc1C(F)(F)F. The van der Waals surface area contributed by atoms with E-state index < -0.39 is 47.4 Å². The van der Waals surface area contributed by atoms with Gasteiger partial charge in [-0.25, -0.2) is 0 Å². The van der Waals surface area contributed by atoms with Crippen molar-refractivity contribution in [1.29, 1.82) is 0 Å². The van der Waals surface area contributed by atoms with Crippen LogP contribution in [0, 0.1) is 10.1 Å². The van der Waals surface area contributed by atoms with E-state index in [1.54, 1.807) is 0 Å². The highest BCUT2D eigenvalue weighted by Gasteiger charge is 2.44. The summed E-state index contributed by atoms with van der Waals surface area (Å²) in [4.78, 5) is 9.21. The maximum absolute atomic E-state index is 13.0. The highest BCUT2D eigenvalue weighted by atomic mass is 28.3. The Bertz CT molecular complexity index is 574. The molecule has 0 spiro atoms. The summed E-state index contributed by atoms with van der Waals surface area (Å²) >= 11 is 0. The van der Waals surface area contributed by atoms with Crippen LogP contribution in [0.2, 0.25) is 19.6 Å². The lowest BCUT2D eigenvalue weighted by atomic mass is 10.1. The summed E-state index contributed by atoms with van der Waals surface area (Å²) in [5, 5.41) is 10.2. The van der Waals surface area contributed by atoms with Crippen LogP contribution in [-0.2, 0) is 12.4 Å². The van der Waals surface area contributed by atoms with Crippen LogP contribution in [0.15, 0.2) is 12.1 Å². The van der Waals surface area contributed by atoms with E-state index in [1.807, 2.05) is 0 Å². The van der Waals surface area contributed by atoms with Crippen molar-refractivity contribution in [2.24, 2.45) is 0 Å². The molecule has 0 radical (unpaired) electrons. The average Bonchev–Trinajstić information content (AvgIpc) is 2.23.